The van der Waals surface area contributed by atoms with Crippen molar-refractivity contribution in [2.75, 3.05) is 18.6 Å². The minimum atomic E-state index is 0. The number of H-pyrrole nitrogens is 1. The van der Waals surface area contributed by atoms with Gasteiger partial charge in [0.2, 0.25) is 0 Å². The normalized spacial score (nSPS) is 13.5. The molecule has 0 fully saturated rings. The number of aryl methyl sites for hydroxylation is 1. The Kier molecular flexibility index (Phi) is 6.49. The van der Waals surface area contributed by atoms with E-state index >= 15 is 0 Å². The number of aliphatic hydroxyl groups excluding tert-OH is 1. The molecule has 0 aliphatic carbocycles. The van der Waals surface area contributed by atoms with Crippen LogP contribution in [0.25, 0.3) is 16.6 Å². The third-order valence-electron chi connectivity index (χ3n) is 4.48. The third-order valence-corrected chi connectivity index (χ3v) is 4.89. The second kappa shape index (κ2) is 8.31. The van der Waals surface area contributed by atoms with Gasteiger partial charge in [0, 0.05) is 11.1 Å². The topological polar surface area (TPSA) is 85.2 Å². The van der Waals surface area contributed by atoms with Crippen LogP contribution in [0.15, 0.2) is 42.2 Å². The highest BCUT2D eigenvalue weighted by Crippen LogP contribution is 2.38. The van der Waals surface area contributed by atoms with Crippen molar-refractivity contribution in [1.82, 2.24) is 9.97 Å². The minimum absolute atomic E-state index is 0. The van der Waals surface area contributed by atoms with Gasteiger partial charge in [0.05, 0.1) is 35.9 Å². The number of fused-ring (bicyclic) bond motifs is 1. The van der Waals surface area contributed by atoms with Crippen LogP contribution in [-0.4, -0.2) is 34.6 Å². The highest BCUT2D eigenvalue weighted by molar-refractivity contribution is 6.32. The zero-order chi connectivity index (χ0) is 18.4. The van der Waals surface area contributed by atoms with Crippen molar-refractivity contribution in [3.63, 3.8) is 0 Å². The minimum Gasteiger partial charge on any atom is -0.509 e. The van der Waals surface area contributed by atoms with E-state index in [1.54, 1.807) is 18.1 Å². The van der Waals surface area contributed by atoms with E-state index < -0.39 is 0 Å². The lowest BCUT2D eigenvalue weighted by Crippen LogP contribution is -2.26. The number of hydrogen-bond acceptors (Lipinski definition) is 4. The number of para-hydroxylation sites is 2. The first kappa shape index (κ1) is 21.9. The lowest BCUT2D eigenvalue weighted by atomic mass is 10.1. The monoisotopic (exact) mass is 440 g/mol. The number of amidine groups is 1. The number of rotatable bonds is 3. The van der Waals surface area contributed by atoms with Gasteiger partial charge in [0.15, 0.2) is 0 Å². The van der Waals surface area contributed by atoms with Crippen LogP contribution in [0, 0.1) is 12.3 Å². The van der Waals surface area contributed by atoms with Crippen LogP contribution in [-0.2, 0) is 0 Å². The van der Waals surface area contributed by atoms with Crippen LogP contribution >= 0.6 is 36.4 Å². The van der Waals surface area contributed by atoms with E-state index in [4.69, 9.17) is 21.7 Å². The Balaban J connectivity index is 0.00000140. The van der Waals surface area contributed by atoms with Crippen molar-refractivity contribution in [2.45, 2.75) is 6.92 Å². The Morgan fingerprint density at radius 3 is 2.64 bits per heavy atom. The maximum Gasteiger partial charge on any atom is 0.145 e. The Bertz CT molecular complexity index is 1050. The zero-order valence-electron chi connectivity index (χ0n) is 15.1. The van der Waals surface area contributed by atoms with E-state index in [1.165, 1.54) is 0 Å². The fraction of sp³-hybridized carbons (Fsp3) is 0.158. The van der Waals surface area contributed by atoms with Gasteiger partial charge in [-0.2, -0.15) is 0 Å². The molecule has 1 aromatic heterocycles. The lowest BCUT2D eigenvalue weighted by molar-refractivity contribution is 0.406. The number of nitrogens with one attached hydrogen (secondary N) is 2. The zero-order valence-corrected chi connectivity index (χ0v) is 17.5. The van der Waals surface area contributed by atoms with Gasteiger partial charge in [0.1, 0.15) is 23.2 Å². The number of methoxy groups -OCH3 is 1. The van der Waals surface area contributed by atoms with Gasteiger partial charge in [-0.3, -0.25) is 5.41 Å². The van der Waals surface area contributed by atoms with Crippen LogP contribution in [0.1, 0.15) is 11.4 Å². The van der Waals surface area contributed by atoms with Crippen LogP contribution < -0.4 is 9.64 Å². The molecule has 9 heteroatoms. The second-order valence-corrected chi connectivity index (χ2v) is 6.54. The molecule has 3 N–H and O–H groups in total. The average molecular weight is 442 g/mol. The van der Waals surface area contributed by atoms with Crippen molar-refractivity contribution in [3.8, 4) is 5.75 Å². The Morgan fingerprint density at radius 2 is 1.96 bits per heavy atom. The smallest absolute Gasteiger partial charge is 0.145 e. The molecule has 1 aliphatic heterocycles. The summed E-state index contributed by atoms with van der Waals surface area (Å²) in [5.74, 6) is 1.26. The Hall–Kier alpha value is -2.41. The van der Waals surface area contributed by atoms with E-state index in [-0.39, 0.29) is 43.0 Å². The van der Waals surface area contributed by atoms with E-state index in [0.717, 1.165) is 16.6 Å². The molecule has 0 bridgehead atoms. The molecule has 4 rings (SSSR count). The summed E-state index contributed by atoms with van der Waals surface area (Å²) in [6.07, 6.45) is 0. The van der Waals surface area contributed by atoms with Crippen molar-refractivity contribution in [2.24, 2.45) is 0 Å². The fourth-order valence-corrected chi connectivity index (χ4v) is 3.28. The van der Waals surface area contributed by atoms with Crippen LogP contribution in [0.5, 0.6) is 5.75 Å². The summed E-state index contributed by atoms with van der Waals surface area (Å²) in [4.78, 5) is 9.36. The summed E-state index contributed by atoms with van der Waals surface area (Å²) in [7, 11) is 1.55. The molecule has 0 saturated carbocycles. The van der Waals surface area contributed by atoms with Gasteiger partial charge in [-0.15, -0.1) is 24.8 Å². The quantitative estimate of drug-likeness (QED) is 0.525. The average Bonchev–Trinajstić information content (AvgIpc) is 3.17. The molecule has 0 atom stereocenters. The molecule has 6 nitrogen and oxygen atoms in total. The van der Waals surface area contributed by atoms with Gasteiger partial charge >= 0.3 is 0 Å². The molecule has 0 saturated heterocycles. The van der Waals surface area contributed by atoms with Crippen molar-refractivity contribution < 1.29 is 9.84 Å². The predicted octanol–water partition coefficient (Wildman–Crippen LogP) is 5.14. The summed E-state index contributed by atoms with van der Waals surface area (Å²) < 4.78 is 5.42. The first-order chi connectivity index (χ1) is 12.5. The summed E-state index contributed by atoms with van der Waals surface area (Å²) in [6.45, 7) is 2.06. The van der Waals surface area contributed by atoms with E-state index in [0.29, 0.717) is 27.9 Å². The first-order valence-electron chi connectivity index (χ1n) is 8.07. The number of aliphatic hydroxyl groups is 1. The number of anilines is 1. The second-order valence-electron chi connectivity index (χ2n) is 6.13. The van der Waals surface area contributed by atoms with E-state index in [2.05, 4.69) is 9.97 Å². The van der Waals surface area contributed by atoms with Gasteiger partial charge in [-0.25, -0.2) is 4.98 Å². The number of nitrogens with zero attached hydrogens (tertiary/aromatic N) is 2. The lowest BCUT2D eigenvalue weighted by Gasteiger charge is -2.22. The number of aromatic nitrogens is 2. The summed E-state index contributed by atoms with van der Waals surface area (Å²) in [6, 6.07) is 11.2. The van der Waals surface area contributed by atoms with E-state index in [1.807, 2.05) is 37.3 Å². The fourth-order valence-electron chi connectivity index (χ4n) is 3.13. The maximum absolute atomic E-state index is 10.5. The molecular formula is C19H19Cl3N4O2. The molecule has 2 aromatic carbocycles. The molecule has 2 heterocycles. The van der Waals surface area contributed by atoms with E-state index in [9.17, 15) is 5.11 Å². The molecule has 28 heavy (non-hydrogen) atoms. The van der Waals surface area contributed by atoms with Crippen LogP contribution in [0.2, 0.25) is 5.02 Å². The maximum atomic E-state index is 10.5. The number of hydrogen-bond donors (Lipinski definition) is 3. The van der Waals surface area contributed by atoms with Crippen molar-refractivity contribution in [1.29, 1.82) is 5.41 Å². The van der Waals surface area contributed by atoms with Gasteiger partial charge < -0.3 is 19.7 Å². The van der Waals surface area contributed by atoms with Crippen molar-refractivity contribution >= 4 is 64.5 Å². The summed E-state index contributed by atoms with van der Waals surface area (Å²) in [5.41, 5.74) is 3.57. The molecule has 3 aromatic rings. The molecule has 0 amide bonds. The summed E-state index contributed by atoms with van der Waals surface area (Å²) >= 11 is 6.18. The highest BCUT2D eigenvalue weighted by atomic mass is 35.5. The molecule has 0 unspecified atom stereocenters. The van der Waals surface area contributed by atoms with Gasteiger partial charge in [0.25, 0.3) is 0 Å². The number of ether oxygens (including phenoxy) is 1. The molecule has 1 aliphatic rings. The van der Waals surface area contributed by atoms with Crippen LogP contribution in [0.4, 0.5) is 5.69 Å². The third kappa shape index (κ3) is 3.51. The van der Waals surface area contributed by atoms with Gasteiger partial charge in [-0.1, -0.05) is 23.7 Å². The van der Waals surface area contributed by atoms with Gasteiger partial charge in [-0.05, 0) is 30.7 Å². The number of imidazole rings is 1. The molecule has 148 valence electrons. The Morgan fingerprint density at radius 1 is 1.25 bits per heavy atom. The standard InChI is InChI=1S/C19H17ClN4O2.2ClH/c1-10-7-14(16(26-2)8-11(10)20)24-9-15(25)17(18(24)21)19-22-12-5-3-4-6-13(12)23-19;;/h3-8,21,25H,9H2,1-2H3,(H,22,23);2*1H. The molecule has 0 spiro atoms. The largest absolute Gasteiger partial charge is 0.509 e. The summed E-state index contributed by atoms with van der Waals surface area (Å²) in [5, 5.41) is 19.7. The predicted molar refractivity (Wildman–Crippen MR) is 118 cm³/mol. The van der Waals surface area contributed by atoms with Crippen molar-refractivity contribution in [3.05, 3.63) is 58.6 Å². The number of aromatic amines is 1. The SMILES string of the molecule is COc1cc(Cl)c(C)cc1N1CC(O)=C(c2nc3ccccc3[nH]2)C1=N.Cl.Cl. The number of halogens is 3. The number of benzene rings is 2. The Labute approximate surface area is 179 Å². The molecular weight excluding hydrogens is 423 g/mol. The molecule has 0 radical (unpaired) electrons. The first-order valence-corrected chi connectivity index (χ1v) is 8.45. The van der Waals surface area contributed by atoms with Crippen LogP contribution in [0.3, 0.4) is 0 Å². The highest BCUT2D eigenvalue weighted by Gasteiger charge is 2.33.